The normalized spacial score (nSPS) is 11.2. The Labute approximate surface area is 162 Å². The van der Waals surface area contributed by atoms with Crippen LogP contribution in [0.5, 0.6) is 0 Å². The molecule has 27 heavy (non-hydrogen) atoms. The van der Waals surface area contributed by atoms with Gasteiger partial charge in [-0.1, -0.05) is 34.8 Å². The fourth-order valence-electron chi connectivity index (χ4n) is 1.85. The zero-order valence-corrected chi connectivity index (χ0v) is 14.7. The van der Waals surface area contributed by atoms with E-state index in [2.05, 4.69) is 15.8 Å². The molecular weight excluding hydrogens is 442 g/mol. The molecule has 2 rings (SSSR count). The average Bonchev–Trinajstić information content (AvgIpc) is 2.55. The molecule has 144 valence electrons. The highest BCUT2D eigenvalue weighted by Crippen LogP contribution is 2.41. The van der Waals surface area contributed by atoms with Gasteiger partial charge in [0.15, 0.2) is 5.82 Å². The van der Waals surface area contributed by atoms with E-state index in [0.29, 0.717) is 0 Å². The van der Waals surface area contributed by atoms with E-state index >= 15 is 0 Å². The van der Waals surface area contributed by atoms with Gasteiger partial charge in [-0.15, -0.1) is 0 Å². The van der Waals surface area contributed by atoms with Crippen molar-refractivity contribution in [1.29, 1.82) is 0 Å². The number of hydrogen-bond acceptors (Lipinski definition) is 7. The lowest BCUT2D eigenvalue weighted by Gasteiger charge is -2.13. The molecule has 0 aliphatic rings. The second-order valence-corrected chi connectivity index (χ2v) is 5.92. The number of nitro groups is 2. The number of alkyl halides is 3. The van der Waals surface area contributed by atoms with Crippen LogP contribution in [-0.4, -0.2) is 14.8 Å². The first kappa shape index (κ1) is 20.7. The number of rotatable bonds is 5. The third-order valence-electron chi connectivity index (χ3n) is 3.01. The molecule has 0 fully saturated rings. The van der Waals surface area contributed by atoms with Crippen LogP contribution in [0.3, 0.4) is 0 Å². The number of nitrogens with one attached hydrogen (secondary N) is 2. The second-order valence-electron chi connectivity index (χ2n) is 4.74. The number of hydrazine groups is 1. The molecule has 2 aromatic rings. The molecule has 1 heterocycles. The van der Waals surface area contributed by atoms with Crippen molar-refractivity contribution in [3.63, 3.8) is 0 Å². The van der Waals surface area contributed by atoms with Crippen molar-refractivity contribution in [3.05, 3.63) is 59.2 Å². The minimum absolute atomic E-state index is 0.0151. The van der Waals surface area contributed by atoms with Crippen LogP contribution in [0, 0.1) is 20.2 Å². The summed E-state index contributed by atoms with van der Waals surface area (Å²) in [5.41, 5.74) is -0.495. The monoisotopic (exact) mass is 445 g/mol. The summed E-state index contributed by atoms with van der Waals surface area (Å²) >= 11 is 17.2. The number of nitro benzene ring substituents is 2. The van der Waals surface area contributed by atoms with Gasteiger partial charge in [0.2, 0.25) is 5.69 Å². The van der Waals surface area contributed by atoms with E-state index < -0.39 is 38.6 Å². The zero-order chi connectivity index (χ0) is 20.5. The van der Waals surface area contributed by atoms with Crippen LogP contribution < -0.4 is 10.9 Å². The van der Waals surface area contributed by atoms with Crippen LogP contribution in [0.15, 0.2) is 18.2 Å². The van der Waals surface area contributed by atoms with Gasteiger partial charge in [0.05, 0.1) is 25.5 Å². The summed E-state index contributed by atoms with van der Waals surface area (Å²) in [4.78, 5) is 23.5. The van der Waals surface area contributed by atoms with E-state index in [4.69, 9.17) is 34.8 Å². The average molecular weight is 447 g/mol. The number of pyridine rings is 1. The fraction of sp³-hybridized carbons (Fsp3) is 0.0833. The van der Waals surface area contributed by atoms with Crippen LogP contribution >= 0.6 is 34.8 Å². The molecule has 0 bridgehead atoms. The minimum atomic E-state index is -5.03. The summed E-state index contributed by atoms with van der Waals surface area (Å²) in [7, 11) is 0. The van der Waals surface area contributed by atoms with Crippen molar-refractivity contribution in [2.75, 3.05) is 10.9 Å². The Hall–Kier alpha value is -2.57. The molecule has 0 aliphatic heterocycles. The minimum Gasteiger partial charge on any atom is -0.287 e. The van der Waals surface area contributed by atoms with Crippen molar-refractivity contribution in [2.24, 2.45) is 0 Å². The molecular formula is C12H5Cl3F3N5O4. The summed E-state index contributed by atoms with van der Waals surface area (Å²) in [5, 5.41) is 21.9. The highest BCUT2D eigenvalue weighted by Gasteiger charge is 2.37. The Morgan fingerprint density at radius 3 is 1.89 bits per heavy atom. The molecule has 0 radical (unpaired) electrons. The van der Waals surface area contributed by atoms with Gasteiger partial charge in [-0.25, -0.2) is 4.98 Å². The maximum atomic E-state index is 12.9. The maximum absolute atomic E-state index is 12.9. The summed E-state index contributed by atoms with van der Waals surface area (Å²) in [5.74, 6) is -0.227. The number of nitrogens with zero attached hydrogens (tertiary/aromatic N) is 3. The van der Waals surface area contributed by atoms with E-state index in [0.717, 1.165) is 6.07 Å². The van der Waals surface area contributed by atoms with Gasteiger partial charge in [0, 0.05) is 12.1 Å². The SMILES string of the molecule is O=[N+]([O-])c1cc(C(F)(F)F)cc([N+](=O)[O-])c1NNc1nc(Cl)c(Cl)cc1Cl. The predicted molar refractivity (Wildman–Crippen MR) is 91.3 cm³/mol. The van der Waals surface area contributed by atoms with Gasteiger partial charge >= 0.3 is 17.6 Å². The van der Waals surface area contributed by atoms with Crippen LogP contribution in [0.25, 0.3) is 0 Å². The summed E-state index contributed by atoms with van der Waals surface area (Å²) in [6.07, 6.45) is -5.03. The Morgan fingerprint density at radius 1 is 0.926 bits per heavy atom. The van der Waals surface area contributed by atoms with E-state index in [9.17, 15) is 33.4 Å². The highest BCUT2D eigenvalue weighted by atomic mass is 35.5. The van der Waals surface area contributed by atoms with Crippen molar-refractivity contribution >= 4 is 57.7 Å². The molecule has 0 saturated heterocycles. The molecule has 0 amide bonds. The first-order valence-corrected chi connectivity index (χ1v) is 7.62. The Bertz CT molecular complexity index is 906. The molecule has 1 aromatic heterocycles. The largest absolute Gasteiger partial charge is 0.416 e. The molecule has 0 saturated carbocycles. The topological polar surface area (TPSA) is 123 Å². The van der Waals surface area contributed by atoms with E-state index in [-0.39, 0.29) is 33.1 Å². The van der Waals surface area contributed by atoms with Crippen molar-refractivity contribution in [3.8, 4) is 0 Å². The smallest absolute Gasteiger partial charge is 0.287 e. The Balaban J connectivity index is 2.53. The first-order chi connectivity index (χ1) is 12.4. The standard InChI is InChI=1S/C12H5Cl3F3N5O4/c13-5-3-6(14)11(19-10(5)15)21-20-9-7(22(24)25)1-4(12(16,17)18)2-8(9)23(26)27/h1-3,20H,(H,19,21). The lowest BCUT2D eigenvalue weighted by molar-refractivity contribution is -0.392. The quantitative estimate of drug-likeness (QED) is 0.362. The van der Waals surface area contributed by atoms with Crippen LogP contribution in [0.4, 0.5) is 36.1 Å². The van der Waals surface area contributed by atoms with E-state index in [1.54, 1.807) is 0 Å². The second kappa shape index (κ2) is 7.58. The summed E-state index contributed by atoms with van der Waals surface area (Å²) in [6.45, 7) is 0. The van der Waals surface area contributed by atoms with Crippen molar-refractivity contribution in [2.45, 2.75) is 6.18 Å². The van der Waals surface area contributed by atoms with Gasteiger partial charge in [0.1, 0.15) is 5.15 Å². The highest BCUT2D eigenvalue weighted by molar-refractivity contribution is 6.42. The van der Waals surface area contributed by atoms with Gasteiger partial charge in [-0.2, -0.15) is 13.2 Å². The molecule has 9 nitrogen and oxygen atoms in total. The van der Waals surface area contributed by atoms with Gasteiger partial charge < -0.3 is 0 Å². The van der Waals surface area contributed by atoms with E-state index in [1.165, 1.54) is 0 Å². The molecule has 0 spiro atoms. The van der Waals surface area contributed by atoms with Crippen molar-refractivity contribution < 1.29 is 23.0 Å². The number of hydrogen-bond donors (Lipinski definition) is 2. The Kier molecular flexibility index (Phi) is 5.82. The number of aromatic nitrogens is 1. The van der Waals surface area contributed by atoms with Gasteiger partial charge in [-0.3, -0.25) is 31.1 Å². The molecule has 0 atom stereocenters. The molecule has 0 unspecified atom stereocenters. The Morgan fingerprint density at radius 2 is 1.44 bits per heavy atom. The number of anilines is 2. The predicted octanol–water partition coefficient (Wildman–Crippen LogP) is 5.32. The molecule has 1 aromatic carbocycles. The molecule has 2 N–H and O–H groups in total. The van der Waals surface area contributed by atoms with Crippen molar-refractivity contribution in [1.82, 2.24) is 4.98 Å². The zero-order valence-electron chi connectivity index (χ0n) is 12.5. The third-order valence-corrected chi connectivity index (χ3v) is 3.97. The number of halogens is 6. The van der Waals surface area contributed by atoms with E-state index in [1.807, 2.05) is 0 Å². The molecule has 0 aliphatic carbocycles. The van der Waals surface area contributed by atoms with Crippen LogP contribution in [-0.2, 0) is 6.18 Å². The molecule has 15 heteroatoms. The van der Waals surface area contributed by atoms with Crippen LogP contribution in [0.2, 0.25) is 15.2 Å². The number of benzene rings is 1. The fourth-order valence-corrected chi connectivity index (χ4v) is 2.39. The van der Waals surface area contributed by atoms with Crippen LogP contribution in [0.1, 0.15) is 5.56 Å². The summed E-state index contributed by atoms with van der Waals surface area (Å²) < 4.78 is 38.6. The maximum Gasteiger partial charge on any atom is 0.416 e. The lowest BCUT2D eigenvalue weighted by Crippen LogP contribution is -2.15. The first-order valence-electron chi connectivity index (χ1n) is 6.49. The summed E-state index contributed by atoms with van der Waals surface area (Å²) in [6, 6.07) is 1.47. The third kappa shape index (κ3) is 4.59. The van der Waals surface area contributed by atoms with Gasteiger partial charge in [-0.05, 0) is 6.07 Å². The van der Waals surface area contributed by atoms with Gasteiger partial charge in [0.25, 0.3) is 0 Å². The lowest BCUT2D eigenvalue weighted by atomic mass is 10.1.